The van der Waals surface area contributed by atoms with Crippen molar-refractivity contribution in [1.29, 1.82) is 0 Å². The van der Waals surface area contributed by atoms with E-state index in [-0.39, 0.29) is 17.9 Å². The predicted molar refractivity (Wildman–Crippen MR) is 101 cm³/mol. The van der Waals surface area contributed by atoms with E-state index in [0.717, 1.165) is 5.56 Å². The van der Waals surface area contributed by atoms with Crippen LogP contribution in [0, 0.1) is 6.92 Å². The van der Waals surface area contributed by atoms with E-state index in [4.69, 9.17) is 4.74 Å². The minimum atomic E-state index is -0.439. The van der Waals surface area contributed by atoms with Gasteiger partial charge in [-0.05, 0) is 54.7 Å². The predicted octanol–water partition coefficient (Wildman–Crippen LogP) is 3.66. The van der Waals surface area contributed by atoms with Gasteiger partial charge in [0.1, 0.15) is 6.10 Å². The van der Waals surface area contributed by atoms with Crippen LogP contribution in [-0.2, 0) is 10.2 Å². The van der Waals surface area contributed by atoms with Crippen molar-refractivity contribution in [2.45, 2.75) is 46.1 Å². The summed E-state index contributed by atoms with van der Waals surface area (Å²) in [6.45, 7) is 10.4. The Labute approximate surface area is 154 Å². The topological polar surface area (TPSA) is 68.3 Å². The van der Waals surface area contributed by atoms with E-state index in [0.29, 0.717) is 11.1 Å². The van der Waals surface area contributed by atoms with Gasteiger partial charge in [-0.15, -0.1) is 0 Å². The number of carbonyl (C=O) groups excluding carboxylic acids is 2. The molecule has 5 nitrogen and oxygen atoms in total. The number of benzene rings is 1. The molecule has 1 unspecified atom stereocenters. The summed E-state index contributed by atoms with van der Waals surface area (Å²) < 4.78 is 5.43. The summed E-state index contributed by atoms with van der Waals surface area (Å²) in [6.07, 6.45) is 2.66. The molecule has 1 aromatic heterocycles. The SMILES string of the molecule is Cc1cc(C(=O)OC(C)CNC(=O)c2cccnc2)ccc1C(C)(C)C. The first-order valence-electron chi connectivity index (χ1n) is 8.69. The third-order valence-corrected chi connectivity index (χ3v) is 4.05. The molecule has 0 radical (unpaired) electrons. The highest BCUT2D eigenvalue weighted by molar-refractivity contribution is 5.94. The van der Waals surface area contributed by atoms with Crippen LogP contribution in [0.25, 0.3) is 0 Å². The molecule has 2 rings (SSSR count). The molecule has 0 aliphatic rings. The van der Waals surface area contributed by atoms with Crippen LogP contribution < -0.4 is 5.32 Å². The number of ether oxygens (including phenoxy) is 1. The minimum absolute atomic E-state index is 0.0242. The van der Waals surface area contributed by atoms with Crippen molar-refractivity contribution in [2.75, 3.05) is 6.54 Å². The summed E-state index contributed by atoms with van der Waals surface area (Å²) in [4.78, 5) is 28.2. The molecule has 0 saturated carbocycles. The molecule has 1 heterocycles. The van der Waals surface area contributed by atoms with Gasteiger partial charge in [0, 0.05) is 12.4 Å². The van der Waals surface area contributed by atoms with Crippen LogP contribution in [0.3, 0.4) is 0 Å². The van der Waals surface area contributed by atoms with E-state index >= 15 is 0 Å². The Kier molecular flexibility index (Phi) is 6.14. The molecule has 1 atom stereocenters. The zero-order chi connectivity index (χ0) is 19.3. The second-order valence-electron chi connectivity index (χ2n) is 7.45. The summed E-state index contributed by atoms with van der Waals surface area (Å²) in [6, 6.07) is 8.99. The summed E-state index contributed by atoms with van der Waals surface area (Å²) in [7, 11) is 0. The van der Waals surface area contributed by atoms with Crippen molar-refractivity contribution in [3.63, 3.8) is 0 Å². The molecule has 0 saturated heterocycles. The lowest BCUT2D eigenvalue weighted by Gasteiger charge is -2.22. The molecule has 1 amide bonds. The number of aromatic nitrogens is 1. The number of nitrogens with one attached hydrogen (secondary N) is 1. The van der Waals surface area contributed by atoms with Gasteiger partial charge in [-0.2, -0.15) is 0 Å². The maximum absolute atomic E-state index is 12.3. The fraction of sp³-hybridized carbons (Fsp3) is 0.381. The number of pyridine rings is 1. The quantitative estimate of drug-likeness (QED) is 0.832. The van der Waals surface area contributed by atoms with Crippen molar-refractivity contribution < 1.29 is 14.3 Å². The molecule has 0 bridgehead atoms. The van der Waals surface area contributed by atoms with Gasteiger partial charge in [0.05, 0.1) is 17.7 Å². The van der Waals surface area contributed by atoms with Crippen molar-refractivity contribution in [1.82, 2.24) is 10.3 Å². The Balaban J connectivity index is 1.93. The molecule has 1 aromatic carbocycles. The first-order valence-corrected chi connectivity index (χ1v) is 8.69. The highest BCUT2D eigenvalue weighted by Crippen LogP contribution is 2.26. The first kappa shape index (κ1) is 19.6. The number of nitrogens with zero attached hydrogens (tertiary/aromatic N) is 1. The highest BCUT2D eigenvalue weighted by atomic mass is 16.5. The molecular formula is C21H26N2O3. The smallest absolute Gasteiger partial charge is 0.338 e. The third kappa shape index (κ3) is 5.15. The fourth-order valence-corrected chi connectivity index (χ4v) is 2.76. The lowest BCUT2D eigenvalue weighted by Crippen LogP contribution is -2.33. The zero-order valence-electron chi connectivity index (χ0n) is 16.0. The van der Waals surface area contributed by atoms with Crippen LogP contribution in [0.15, 0.2) is 42.7 Å². The van der Waals surface area contributed by atoms with Crippen LogP contribution in [0.4, 0.5) is 0 Å². The van der Waals surface area contributed by atoms with E-state index in [1.54, 1.807) is 31.3 Å². The van der Waals surface area contributed by atoms with E-state index in [2.05, 4.69) is 31.1 Å². The Bertz CT molecular complexity index is 780. The number of esters is 1. The average molecular weight is 354 g/mol. The molecule has 2 aromatic rings. The van der Waals surface area contributed by atoms with Crippen molar-refractivity contribution in [2.24, 2.45) is 0 Å². The van der Waals surface area contributed by atoms with E-state index in [1.165, 1.54) is 11.8 Å². The van der Waals surface area contributed by atoms with Crippen molar-refractivity contribution in [3.05, 3.63) is 65.0 Å². The van der Waals surface area contributed by atoms with Gasteiger partial charge < -0.3 is 10.1 Å². The first-order chi connectivity index (χ1) is 12.2. The number of hydrogen-bond acceptors (Lipinski definition) is 4. The average Bonchev–Trinajstić information content (AvgIpc) is 2.59. The Hall–Kier alpha value is -2.69. The second kappa shape index (κ2) is 8.13. The van der Waals surface area contributed by atoms with Gasteiger partial charge in [-0.1, -0.05) is 26.8 Å². The number of carbonyl (C=O) groups is 2. The number of rotatable bonds is 5. The van der Waals surface area contributed by atoms with E-state index in [1.807, 2.05) is 19.1 Å². The standard InChI is InChI=1S/C21H26N2O3/c1-14-11-16(8-9-18(14)21(3,4)5)20(25)26-15(2)12-23-19(24)17-7-6-10-22-13-17/h6-11,13,15H,12H2,1-5H3,(H,23,24). The highest BCUT2D eigenvalue weighted by Gasteiger charge is 2.19. The monoisotopic (exact) mass is 354 g/mol. The van der Waals surface area contributed by atoms with E-state index in [9.17, 15) is 9.59 Å². The number of amides is 1. The lowest BCUT2D eigenvalue weighted by atomic mass is 9.83. The molecule has 5 heteroatoms. The normalized spacial score (nSPS) is 12.3. The Morgan fingerprint density at radius 3 is 2.50 bits per heavy atom. The van der Waals surface area contributed by atoms with Gasteiger partial charge in [-0.3, -0.25) is 9.78 Å². The maximum atomic E-state index is 12.3. The molecule has 0 aliphatic carbocycles. The molecule has 0 aliphatic heterocycles. The van der Waals surface area contributed by atoms with Gasteiger partial charge >= 0.3 is 5.97 Å². The lowest BCUT2D eigenvalue weighted by molar-refractivity contribution is 0.0337. The van der Waals surface area contributed by atoms with Gasteiger partial charge in [0.2, 0.25) is 0 Å². The molecular weight excluding hydrogens is 328 g/mol. The van der Waals surface area contributed by atoms with E-state index < -0.39 is 12.1 Å². The van der Waals surface area contributed by atoms with Crippen molar-refractivity contribution >= 4 is 11.9 Å². The molecule has 0 spiro atoms. The van der Waals surface area contributed by atoms with Crippen LogP contribution in [0.1, 0.15) is 59.5 Å². The van der Waals surface area contributed by atoms with Crippen molar-refractivity contribution in [3.8, 4) is 0 Å². The number of aryl methyl sites for hydroxylation is 1. The largest absolute Gasteiger partial charge is 0.457 e. The summed E-state index contributed by atoms with van der Waals surface area (Å²) in [5.41, 5.74) is 3.27. The second-order valence-corrected chi connectivity index (χ2v) is 7.45. The molecule has 0 fully saturated rings. The molecule has 138 valence electrons. The Morgan fingerprint density at radius 1 is 1.19 bits per heavy atom. The minimum Gasteiger partial charge on any atom is -0.457 e. The molecule has 1 N–H and O–H groups in total. The third-order valence-electron chi connectivity index (χ3n) is 4.05. The molecule has 26 heavy (non-hydrogen) atoms. The van der Waals surface area contributed by atoms with Crippen LogP contribution in [0.5, 0.6) is 0 Å². The summed E-state index contributed by atoms with van der Waals surface area (Å²) >= 11 is 0. The van der Waals surface area contributed by atoms with Crippen LogP contribution >= 0.6 is 0 Å². The summed E-state index contributed by atoms with van der Waals surface area (Å²) in [5, 5.41) is 2.74. The fourth-order valence-electron chi connectivity index (χ4n) is 2.76. The van der Waals surface area contributed by atoms with Crippen LogP contribution in [0.2, 0.25) is 0 Å². The zero-order valence-corrected chi connectivity index (χ0v) is 16.0. The van der Waals surface area contributed by atoms with Crippen LogP contribution in [-0.4, -0.2) is 29.5 Å². The van der Waals surface area contributed by atoms with Gasteiger partial charge in [-0.25, -0.2) is 4.79 Å². The number of hydrogen-bond donors (Lipinski definition) is 1. The van der Waals surface area contributed by atoms with Gasteiger partial charge in [0.25, 0.3) is 5.91 Å². The van der Waals surface area contributed by atoms with Gasteiger partial charge in [0.15, 0.2) is 0 Å². The Morgan fingerprint density at radius 2 is 1.92 bits per heavy atom. The maximum Gasteiger partial charge on any atom is 0.338 e. The summed E-state index contributed by atoms with van der Waals surface area (Å²) in [5.74, 6) is -0.636.